The number of carbonyl (C=O) groups excluding carboxylic acids is 2. The Morgan fingerprint density at radius 2 is 2.03 bits per heavy atom. The lowest BCUT2D eigenvalue weighted by molar-refractivity contribution is -0.139. The number of hydrogen-bond donors (Lipinski definition) is 1. The number of rotatable bonds is 7. The van der Waals surface area contributed by atoms with Crippen LogP contribution in [-0.4, -0.2) is 35.1 Å². The fourth-order valence-corrected chi connectivity index (χ4v) is 5.04. The molecule has 1 N–H and O–H groups in total. The molecule has 7 heteroatoms. The van der Waals surface area contributed by atoms with Gasteiger partial charge in [0.25, 0.3) is 0 Å². The van der Waals surface area contributed by atoms with Gasteiger partial charge in [-0.2, -0.15) is 0 Å². The SMILES string of the molecule is CCOC(=O)C1=C(C)N=C2SC=C(CC(=O)NCC3CC3)N2[C@H]1c1ccc(C)cc1C. The van der Waals surface area contributed by atoms with Crippen molar-refractivity contribution in [3.05, 3.63) is 57.3 Å². The fourth-order valence-electron chi connectivity index (χ4n) is 4.07. The van der Waals surface area contributed by atoms with Crippen LogP contribution < -0.4 is 5.32 Å². The van der Waals surface area contributed by atoms with Crippen molar-refractivity contribution in [2.75, 3.05) is 13.2 Å². The molecule has 0 aromatic heterocycles. The van der Waals surface area contributed by atoms with E-state index in [9.17, 15) is 9.59 Å². The molecule has 2 aliphatic heterocycles. The van der Waals surface area contributed by atoms with Crippen LogP contribution in [0, 0.1) is 19.8 Å². The van der Waals surface area contributed by atoms with E-state index in [1.807, 2.05) is 17.2 Å². The smallest absolute Gasteiger partial charge is 0.338 e. The Morgan fingerprint density at radius 3 is 2.71 bits per heavy atom. The van der Waals surface area contributed by atoms with Gasteiger partial charge in [-0.15, -0.1) is 0 Å². The molecule has 31 heavy (non-hydrogen) atoms. The Labute approximate surface area is 187 Å². The van der Waals surface area contributed by atoms with Crippen molar-refractivity contribution in [2.45, 2.75) is 53.0 Å². The van der Waals surface area contributed by atoms with Crippen LogP contribution in [0.15, 0.2) is 45.6 Å². The van der Waals surface area contributed by atoms with Crippen LogP contribution >= 0.6 is 11.8 Å². The summed E-state index contributed by atoms with van der Waals surface area (Å²) in [5, 5.41) is 5.82. The molecule has 0 radical (unpaired) electrons. The number of esters is 1. The molecule has 0 saturated heterocycles. The van der Waals surface area contributed by atoms with E-state index in [-0.39, 0.29) is 24.3 Å². The number of hydrogen-bond acceptors (Lipinski definition) is 6. The first-order valence-corrected chi connectivity index (χ1v) is 11.7. The molecule has 1 fully saturated rings. The minimum Gasteiger partial charge on any atom is -0.463 e. The second-order valence-corrected chi connectivity index (χ2v) is 9.23. The van der Waals surface area contributed by atoms with E-state index in [0.717, 1.165) is 34.1 Å². The van der Waals surface area contributed by atoms with Gasteiger partial charge in [-0.25, -0.2) is 9.79 Å². The summed E-state index contributed by atoms with van der Waals surface area (Å²) >= 11 is 1.50. The van der Waals surface area contributed by atoms with E-state index in [1.165, 1.54) is 24.6 Å². The Morgan fingerprint density at radius 1 is 1.26 bits per heavy atom. The van der Waals surface area contributed by atoms with Crippen LogP contribution in [-0.2, 0) is 14.3 Å². The van der Waals surface area contributed by atoms with E-state index >= 15 is 0 Å². The van der Waals surface area contributed by atoms with Crippen molar-refractivity contribution in [3.8, 4) is 0 Å². The molecule has 1 saturated carbocycles. The van der Waals surface area contributed by atoms with Gasteiger partial charge in [-0.05, 0) is 63.0 Å². The summed E-state index contributed by atoms with van der Waals surface area (Å²) in [6.07, 6.45) is 2.66. The second-order valence-electron chi connectivity index (χ2n) is 8.40. The Bertz CT molecular complexity index is 1010. The summed E-state index contributed by atoms with van der Waals surface area (Å²) in [5.74, 6) is 0.275. The summed E-state index contributed by atoms with van der Waals surface area (Å²) in [5.41, 5.74) is 5.33. The van der Waals surface area contributed by atoms with Crippen molar-refractivity contribution in [3.63, 3.8) is 0 Å². The molecule has 1 aromatic rings. The van der Waals surface area contributed by atoms with Crippen LogP contribution in [0.25, 0.3) is 0 Å². The maximum Gasteiger partial charge on any atom is 0.338 e. The van der Waals surface area contributed by atoms with Gasteiger partial charge in [-0.3, -0.25) is 4.79 Å². The number of aryl methyl sites for hydroxylation is 2. The van der Waals surface area contributed by atoms with Crippen LogP contribution in [0.1, 0.15) is 55.8 Å². The standard InChI is InChI=1S/C24H29N3O3S/c1-5-30-23(29)21-16(4)26-24-27(22(21)19-9-6-14(2)10-15(19)3)18(13-31-24)11-20(28)25-12-17-7-8-17/h6,9-10,13,17,22H,5,7-8,11-12H2,1-4H3,(H,25,28)/t22-/m0/s1. The topological polar surface area (TPSA) is 71.0 Å². The quantitative estimate of drug-likeness (QED) is 0.639. The number of thioether (sulfide) groups is 1. The number of amides is 1. The van der Waals surface area contributed by atoms with Crippen LogP contribution in [0.3, 0.4) is 0 Å². The number of ether oxygens (including phenoxy) is 1. The number of nitrogens with one attached hydrogen (secondary N) is 1. The van der Waals surface area contributed by atoms with E-state index in [2.05, 4.69) is 37.4 Å². The van der Waals surface area contributed by atoms with Gasteiger partial charge in [0.1, 0.15) is 0 Å². The van der Waals surface area contributed by atoms with Crippen LogP contribution in [0.5, 0.6) is 0 Å². The summed E-state index contributed by atoms with van der Waals surface area (Å²) < 4.78 is 5.41. The molecule has 6 nitrogen and oxygen atoms in total. The number of allylic oxidation sites excluding steroid dienone is 1. The van der Waals surface area contributed by atoms with Gasteiger partial charge in [0.05, 0.1) is 30.3 Å². The average molecular weight is 440 g/mol. The minimum atomic E-state index is -0.371. The third-order valence-corrected chi connectivity index (χ3v) is 6.73. The van der Waals surface area contributed by atoms with Crippen molar-refractivity contribution >= 4 is 28.8 Å². The number of carbonyl (C=O) groups is 2. The largest absolute Gasteiger partial charge is 0.463 e. The first-order valence-electron chi connectivity index (χ1n) is 10.8. The number of aliphatic imine (C=N–C) groups is 1. The number of fused-ring (bicyclic) bond motifs is 1. The normalized spacial score (nSPS) is 20.3. The Kier molecular flexibility index (Phi) is 6.23. The highest BCUT2D eigenvalue weighted by atomic mass is 32.2. The molecule has 2 heterocycles. The van der Waals surface area contributed by atoms with Gasteiger partial charge < -0.3 is 15.0 Å². The van der Waals surface area contributed by atoms with Crippen LogP contribution in [0.2, 0.25) is 0 Å². The first kappa shape index (κ1) is 21.7. The molecule has 1 atom stereocenters. The maximum atomic E-state index is 13.0. The van der Waals surface area contributed by atoms with E-state index in [4.69, 9.17) is 9.73 Å². The number of nitrogens with zero attached hydrogens (tertiary/aromatic N) is 2. The highest BCUT2D eigenvalue weighted by Gasteiger charge is 2.41. The molecule has 1 aliphatic carbocycles. The minimum absolute atomic E-state index is 0.00309. The van der Waals surface area contributed by atoms with Crippen molar-refractivity contribution < 1.29 is 14.3 Å². The lowest BCUT2D eigenvalue weighted by atomic mass is 9.90. The van der Waals surface area contributed by atoms with Crippen LogP contribution in [0.4, 0.5) is 0 Å². The van der Waals surface area contributed by atoms with E-state index in [1.54, 1.807) is 6.92 Å². The predicted molar refractivity (Wildman–Crippen MR) is 123 cm³/mol. The van der Waals surface area contributed by atoms with E-state index in [0.29, 0.717) is 23.8 Å². The summed E-state index contributed by atoms with van der Waals surface area (Å²) in [4.78, 5) is 32.3. The molecular formula is C24H29N3O3S. The van der Waals surface area contributed by atoms with Gasteiger partial charge >= 0.3 is 5.97 Å². The third kappa shape index (κ3) is 4.56. The zero-order valence-corrected chi connectivity index (χ0v) is 19.3. The van der Waals surface area contributed by atoms with E-state index < -0.39 is 0 Å². The Hall–Kier alpha value is -2.54. The summed E-state index contributed by atoms with van der Waals surface area (Å²) in [6.45, 7) is 8.81. The molecule has 0 unspecified atom stereocenters. The molecule has 4 rings (SSSR count). The van der Waals surface area contributed by atoms with Gasteiger partial charge in [0, 0.05) is 12.2 Å². The zero-order valence-electron chi connectivity index (χ0n) is 18.5. The van der Waals surface area contributed by atoms with Gasteiger partial charge in [0.15, 0.2) is 5.17 Å². The molecule has 3 aliphatic rings. The second kappa shape index (κ2) is 8.91. The first-order chi connectivity index (χ1) is 14.9. The lowest BCUT2D eigenvalue weighted by Gasteiger charge is -2.37. The molecule has 0 spiro atoms. The average Bonchev–Trinajstić information content (AvgIpc) is 3.47. The maximum absolute atomic E-state index is 13.0. The lowest BCUT2D eigenvalue weighted by Crippen LogP contribution is -2.38. The molecular weight excluding hydrogens is 410 g/mol. The number of amidine groups is 1. The Balaban J connectivity index is 1.69. The van der Waals surface area contributed by atoms with Crippen molar-refractivity contribution in [1.82, 2.24) is 10.2 Å². The third-order valence-electron chi connectivity index (χ3n) is 5.84. The molecule has 0 bridgehead atoms. The monoisotopic (exact) mass is 439 g/mol. The highest BCUT2D eigenvalue weighted by molar-refractivity contribution is 8.16. The fraction of sp³-hybridized carbons (Fsp3) is 0.458. The van der Waals surface area contributed by atoms with Crippen molar-refractivity contribution in [2.24, 2.45) is 10.9 Å². The number of benzene rings is 1. The zero-order chi connectivity index (χ0) is 22.1. The predicted octanol–water partition coefficient (Wildman–Crippen LogP) is 4.36. The van der Waals surface area contributed by atoms with Gasteiger partial charge in [-0.1, -0.05) is 35.5 Å². The summed E-state index contributed by atoms with van der Waals surface area (Å²) in [7, 11) is 0. The highest BCUT2D eigenvalue weighted by Crippen LogP contribution is 2.45. The molecule has 164 valence electrons. The molecule has 1 aromatic carbocycles. The van der Waals surface area contributed by atoms with Gasteiger partial charge in [0.2, 0.25) is 5.91 Å². The molecule has 1 amide bonds. The summed E-state index contributed by atoms with van der Waals surface area (Å²) in [6, 6.07) is 5.87. The van der Waals surface area contributed by atoms with Crippen molar-refractivity contribution in [1.29, 1.82) is 0 Å².